The Morgan fingerprint density at radius 1 is 1.28 bits per heavy atom. The van der Waals surface area contributed by atoms with Crippen LogP contribution in [0.3, 0.4) is 0 Å². The smallest absolute Gasteiger partial charge is 0.0936 e. The number of rotatable bonds is 6. The van der Waals surface area contributed by atoms with E-state index in [9.17, 15) is 0 Å². The summed E-state index contributed by atoms with van der Waals surface area (Å²) in [6, 6.07) is 10.5. The summed E-state index contributed by atoms with van der Waals surface area (Å²) in [6.45, 7) is 5.46. The van der Waals surface area contributed by atoms with Crippen LogP contribution in [0.4, 0.5) is 0 Å². The maximum absolute atomic E-state index is 5.76. The predicted molar refractivity (Wildman–Crippen MR) is 72.8 cm³/mol. The highest BCUT2D eigenvalue weighted by molar-refractivity contribution is 5.14. The molecule has 1 aliphatic rings. The summed E-state index contributed by atoms with van der Waals surface area (Å²) in [4.78, 5) is 0. The zero-order valence-electron chi connectivity index (χ0n) is 11.1. The lowest BCUT2D eigenvalue weighted by Crippen LogP contribution is -2.45. The molecule has 2 atom stereocenters. The molecule has 1 heterocycles. The molecule has 2 unspecified atom stereocenters. The molecule has 1 aromatic carbocycles. The average Bonchev–Trinajstić information content (AvgIpc) is 2.40. The number of benzene rings is 1. The predicted octanol–water partition coefficient (Wildman–Crippen LogP) is 2.01. The Morgan fingerprint density at radius 3 is 2.89 bits per heavy atom. The van der Waals surface area contributed by atoms with Gasteiger partial charge in [-0.3, -0.25) is 0 Å². The van der Waals surface area contributed by atoms with E-state index in [0.717, 1.165) is 32.5 Å². The van der Waals surface area contributed by atoms with Crippen LogP contribution in [0.2, 0.25) is 0 Å². The number of aryl methyl sites for hydroxylation is 1. The van der Waals surface area contributed by atoms with Crippen molar-refractivity contribution < 1.29 is 9.47 Å². The minimum Gasteiger partial charge on any atom is -0.379 e. The molecule has 1 saturated heterocycles. The van der Waals surface area contributed by atoms with Gasteiger partial charge in [0, 0.05) is 19.7 Å². The first-order valence-corrected chi connectivity index (χ1v) is 6.82. The first-order valence-electron chi connectivity index (χ1n) is 6.82. The van der Waals surface area contributed by atoms with Gasteiger partial charge in [-0.2, -0.15) is 0 Å². The lowest BCUT2D eigenvalue weighted by atomic mass is 10.1. The van der Waals surface area contributed by atoms with Crippen molar-refractivity contribution in [3.05, 3.63) is 35.9 Å². The van der Waals surface area contributed by atoms with Crippen LogP contribution < -0.4 is 5.32 Å². The van der Waals surface area contributed by atoms with Gasteiger partial charge in [-0.15, -0.1) is 0 Å². The molecule has 0 aliphatic carbocycles. The van der Waals surface area contributed by atoms with Gasteiger partial charge in [0.1, 0.15) is 0 Å². The molecule has 1 aliphatic heterocycles. The van der Waals surface area contributed by atoms with E-state index in [1.54, 1.807) is 0 Å². The summed E-state index contributed by atoms with van der Waals surface area (Å²) in [5.74, 6) is 0. The second-order valence-electron chi connectivity index (χ2n) is 4.89. The molecule has 0 bridgehead atoms. The standard InChI is InChI=1S/C15H23NO2/c1-13-10-16-11-15(18-13)12-17-9-5-8-14-6-3-2-4-7-14/h2-4,6-7,13,15-16H,5,8-12H2,1H3. The molecule has 1 aromatic rings. The lowest BCUT2D eigenvalue weighted by Gasteiger charge is -2.28. The number of morpholine rings is 1. The highest BCUT2D eigenvalue weighted by atomic mass is 16.5. The van der Waals surface area contributed by atoms with Gasteiger partial charge in [0.25, 0.3) is 0 Å². The van der Waals surface area contributed by atoms with Crippen LogP contribution in [-0.4, -0.2) is 38.5 Å². The fraction of sp³-hybridized carbons (Fsp3) is 0.600. The normalized spacial score (nSPS) is 24.1. The van der Waals surface area contributed by atoms with Crippen molar-refractivity contribution in [2.45, 2.75) is 32.0 Å². The largest absolute Gasteiger partial charge is 0.379 e. The van der Waals surface area contributed by atoms with E-state index >= 15 is 0 Å². The monoisotopic (exact) mass is 249 g/mol. The van der Waals surface area contributed by atoms with E-state index in [-0.39, 0.29) is 6.10 Å². The first kappa shape index (κ1) is 13.5. The molecule has 100 valence electrons. The van der Waals surface area contributed by atoms with E-state index in [1.807, 2.05) is 0 Å². The number of hydrogen-bond acceptors (Lipinski definition) is 3. The van der Waals surface area contributed by atoms with E-state index < -0.39 is 0 Å². The van der Waals surface area contributed by atoms with Crippen LogP contribution in [0.5, 0.6) is 0 Å². The molecule has 1 fully saturated rings. The van der Waals surface area contributed by atoms with Crippen molar-refractivity contribution >= 4 is 0 Å². The van der Waals surface area contributed by atoms with Gasteiger partial charge < -0.3 is 14.8 Å². The summed E-state index contributed by atoms with van der Waals surface area (Å²) in [6.07, 6.45) is 2.67. The Hall–Kier alpha value is -0.900. The van der Waals surface area contributed by atoms with Gasteiger partial charge in [-0.25, -0.2) is 0 Å². The Bertz CT molecular complexity index is 329. The van der Waals surface area contributed by atoms with Crippen LogP contribution in [0, 0.1) is 0 Å². The Balaban J connectivity index is 1.53. The van der Waals surface area contributed by atoms with Crippen molar-refractivity contribution in [3.63, 3.8) is 0 Å². The van der Waals surface area contributed by atoms with E-state index in [1.165, 1.54) is 5.56 Å². The molecular weight excluding hydrogens is 226 g/mol. The van der Waals surface area contributed by atoms with Crippen molar-refractivity contribution in [2.24, 2.45) is 0 Å². The molecule has 3 heteroatoms. The van der Waals surface area contributed by atoms with Crippen molar-refractivity contribution in [1.29, 1.82) is 0 Å². The van der Waals surface area contributed by atoms with Crippen molar-refractivity contribution in [1.82, 2.24) is 5.32 Å². The van der Waals surface area contributed by atoms with Gasteiger partial charge in [-0.05, 0) is 25.3 Å². The maximum Gasteiger partial charge on any atom is 0.0936 e. The highest BCUT2D eigenvalue weighted by Gasteiger charge is 2.18. The van der Waals surface area contributed by atoms with Crippen LogP contribution in [0.15, 0.2) is 30.3 Å². The minimum absolute atomic E-state index is 0.213. The van der Waals surface area contributed by atoms with Crippen molar-refractivity contribution in [2.75, 3.05) is 26.3 Å². The van der Waals surface area contributed by atoms with Crippen LogP contribution in [-0.2, 0) is 15.9 Å². The molecule has 0 saturated carbocycles. The zero-order chi connectivity index (χ0) is 12.6. The molecule has 0 amide bonds. The maximum atomic E-state index is 5.76. The zero-order valence-corrected chi connectivity index (χ0v) is 11.1. The minimum atomic E-state index is 0.213. The molecule has 1 N–H and O–H groups in total. The fourth-order valence-electron chi connectivity index (χ4n) is 2.21. The van der Waals surface area contributed by atoms with E-state index in [2.05, 4.69) is 42.6 Å². The quantitative estimate of drug-likeness (QED) is 0.782. The average molecular weight is 249 g/mol. The third-order valence-electron chi connectivity index (χ3n) is 3.13. The first-order chi connectivity index (χ1) is 8.84. The number of ether oxygens (including phenoxy) is 2. The van der Waals surface area contributed by atoms with E-state index in [4.69, 9.17) is 9.47 Å². The van der Waals surface area contributed by atoms with Crippen molar-refractivity contribution in [3.8, 4) is 0 Å². The van der Waals surface area contributed by atoms with Gasteiger partial charge in [0.2, 0.25) is 0 Å². The highest BCUT2D eigenvalue weighted by Crippen LogP contribution is 2.05. The summed E-state index contributed by atoms with van der Waals surface area (Å²) < 4.78 is 11.4. The Morgan fingerprint density at radius 2 is 2.11 bits per heavy atom. The summed E-state index contributed by atoms with van der Waals surface area (Å²) >= 11 is 0. The van der Waals surface area contributed by atoms with E-state index in [0.29, 0.717) is 12.7 Å². The topological polar surface area (TPSA) is 30.5 Å². The molecular formula is C15H23NO2. The van der Waals surface area contributed by atoms with Gasteiger partial charge in [-0.1, -0.05) is 30.3 Å². The summed E-state index contributed by atoms with van der Waals surface area (Å²) in [5, 5.41) is 3.35. The molecule has 3 nitrogen and oxygen atoms in total. The van der Waals surface area contributed by atoms with Gasteiger partial charge in [0.15, 0.2) is 0 Å². The van der Waals surface area contributed by atoms with Gasteiger partial charge in [0.05, 0.1) is 18.8 Å². The van der Waals surface area contributed by atoms with Crippen LogP contribution in [0.1, 0.15) is 18.9 Å². The third-order valence-corrected chi connectivity index (χ3v) is 3.13. The third kappa shape index (κ3) is 4.77. The Kier molecular flexibility index (Phi) is 5.65. The molecule has 0 radical (unpaired) electrons. The molecule has 18 heavy (non-hydrogen) atoms. The SMILES string of the molecule is CC1CNCC(COCCCc2ccccc2)O1. The summed E-state index contributed by atoms with van der Waals surface area (Å²) in [5.41, 5.74) is 1.38. The molecule has 0 aromatic heterocycles. The van der Waals surface area contributed by atoms with Crippen LogP contribution in [0.25, 0.3) is 0 Å². The number of hydrogen-bond donors (Lipinski definition) is 1. The summed E-state index contributed by atoms with van der Waals surface area (Å²) in [7, 11) is 0. The lowest BCUT2D eigenvalue weighted by molar-refractivity contribution is -0.0686. The fourth-order valence-corrected chi connectivity index (χ4v) is 2.21. The molecule has 2 rings (SSSR count). The van der Waals surface area contributed by atoms with Crippen LogP contribution >= 0.6 is 0 Å². The second kappa shape index (κ2) is 7.52. The number of nitrogens with one attached hydrogen (secondary N) is 1. The van der Waals surface area contributed by atoms with Gasteiger partial charge >= 0.3 is 0 Å². The molecule has 0 spiro atoms. The second-order valence-corrected chi connectivity index (χ2v) is 4.89. The Labute approximate surface area is 109 Å².